The largest absolute Gasteiger partial charge is 0.457 e. The van der Waals surface area contributed by atoms with Crippen LogP contribution in [0, 0.1) is 0 Å². The summed E-state index contributed by atoms with van der Waals surface area (Å²) >= 11 is 0. The van der Waals surface area contributed by atoms with Crippen molar-refractivity contribution in [3.63, 3.8) is 0 Å². The van der Waals surface area contributed by atoms with Gasteiger partial charge in [0, 0.05) is 39.6 Å². The van der Waals surface area contributed by atoms with Gasteiger partial charge in [-0.1, -0.05) is 182 Å². The van der Waals surface area contributed by atoms with Gasteiger partial charge in [-0.05, 0) is 90.9 Å². The summed E-state index contributed by atoms with van der Waals surface area (Å²) in [7, 11) is -6.12. The van der Waals surface area contributed by atoms with E-state index in [1.807, 2.05) is 18.5 Å². The van der Waals surface area contributed by atoms with Crippen molar-refractivity contribution in [3.05, 3.63) is 249 Å². The number of rotatable bonds is 8. The molecule has 302 valence electrons. The fourth-order valence-electron chi connectivity index (χ4n) is 10.6. The van der Waals surface area contributed by atoms with Crippen molar-refractivity contribution in [1.82, 2.24) is 14.5 Å². The van der Waals surface area contributed by atoms with Gasteiger partial charge in [0.2, 0.25) is 0 Å². The van der Waals surface area contributed by atoms with Gasteiger partial charge in [0.1, 0.15) is 17.1 Å². The van der Waals surface area contributed by atoms with Crippen molar-refractivity contribution in [1.29, 1.82) is 0 Å². The van der Waals surface area contributed by atoms with E-state index in [1.165, 1.54) is 41.5 Å². The molecule has 8 aromatic carbocycles. The lowest BCUT2D eigenvalue weighted by atomic mass is 10.1. The third-order valence-corrected chi connectivity index (χ3v) is 22.8. The van der Waals surface area contributed by atoms with E-state index >= 15 is 0 Å². The Labute approximate surface area is 374 Å². The van der Waals surface area contributed by atoms with Gasteiger partial charge in [-0.15, -0.1) is 0 Å². The highest BCUT2D eigenvalue weighted by molar-refractivity contribution is 7.22. The van der Waals surface area contributed by atoms with Crippen LogP contribution >= 0.6 is 0 Å². The summed E-state index contributed by atoms with van der Waals surface area (Å²) in [5, 5.41) is 12.5. The molecule has 0 atom stereocenters. The number of aromatic nitrogens is 3. The average molecular weight is 852 g/mol. The minimum atomic E-state index is -3.09. The molecule has 12 rings (SSSR count). The predicted octanol–water partition coefficient (Wildman–Crippen LogP) is 8.10. The maximum atomic E-state index is 7.07. The van der Waals surface area contributed by atoms with Gasteiger partial charge < -0.3 is 4.74 Å². The van der Waals surface area contributed by atoms with Crippen molar-refractivity contribution < 1.29 is 4.74 Å². The molecule has 0 radical (unpaired) electrons. The maximum Gasteiger partial charge on any atom is 0.191 e. The standard InChI is InChI=1S/C58H41N3OSi2/c1-5-22-44(23-6-1)63(45-24-7-2-8-25-45,48-30-17-20-42(40-48)52-33-15-16-38-59-52)49-31-18-21-43(41-49)61-56-50(51-32-19-39-60-58(51)61)36-37-54-57(56)64(46-26-9-3-10-27-46,47-28-11-4-12-29-47)55-35-14-13-34-53(55)62-54/h1-41H. The number of ether oxygens (including phenoxy) is 1. The highest BCUT2D eigenvalue weighted by Gasteiger charge is 2.50. The lowest BCUT2D eigenvalue weighted by Gasteiger charge is -2.40. The number of pyridine rings is 2. The van der Waals surface area contributed by atoms with Crippen molar-refractivity contribution in [2.45, 2.75) is 0 Å². The molecule has 0 fully saturated rings. The summed E-state index contributed by atoms with van der Waals surface area (Å²) in [6.45, 7) is 0. The molecule has 0 N–H and O–H groups in total. The van der Waals surface area contributed by atoms with E-state index in [9.17, 15) is 0 Å². The van der Waals surface area contributed by atoms with E-state index in [0.717, 1.165) is 50.4 Å². The molecule has 4 heterocycles. The Kier molecular flexibility index (Phi) is 9.14. The molecule has 1 aliphatic heterocycles. The van der Waals surface area contributed by atoms with Gasteiger partial charge in [0.25, 0.3) is 0 Å². The zero-order valence-corrected chi connectivity index (χ0v) is 36.9. The highest BCUT2D eigenvalue weighted by atomic mass is 28.3. The number of hydrogen-bond acceptors (Lipinski definition) is 3. The summed E-state index contributed by atoms with van der Waals surface area (Å²) in [6.07, 6.45) is 3.80. The lowest BCUT2D eigenvalue weighted by molar-refractivity contribution is 0.487. The third kappa shape index (κ3) is 5.73. The van der Waals surface area contributed by atoms with Crippen LogP contribution in [0.1, 0.15) is 0 Å². The second kappa shape index (κ2) is 15.5. The summed E-state index contributed by atoms with van der Waals surface area (Å²) < 4.78 is 9.51. The fourth-order valence-corrected chi connectivity index (χ4v) is 20.5. The molecular formula is C58H41N3OSi2. The maximum absolute atomic E-state index is 7.07. The normalized spacial score (nSPS) is 12.9. The molecule has 0 bridgehead atoms. The van der Waals surface area contributed by atoms with Crippen LogP contribution in [0.2, 0.25) is 0 Å². The van der Waals surface area contributed by atoms with Gasteiger partial charge in [-0.2, -0.15) is 0 Å². The zero-order valence-electron chi connectivity index (χ0n) is 34.9. The van der Waals surface area contributed by atoms with Crippen LogP contribution < -0.4 is 46.2 Å². The van der Waals surface area contributed by atoms with E-state index < -0.39 is 16.1 Å². The first-order valence-electron chi connectivity index (χ1n) is 21.8. The second-order valence-corrected chi connectivity index (χ2v) is 24.0. The van der Waals surface area contributed by atoms with E-state index in [4.69, 9.17) is 14.7 Å². The monoisotopic (exact) mass is 851 g/mol. The first-order valence-corrected chi connectivity index (χ1v) is 25.8. The Morgan fingerprint density at radius 1 is 0.422 bits per heavy atom. The van der Waals surface area contributed by atoms with E-state index in [1.54, 1.807) is 0 Å². The van der Waals surface area contributed by atoms with Gasteiger partial charge in [-0.25, -0.2) is 4.98 Å². The van der Waals surface area contributed by atoms with Gasteiger partial charge in [0.15, 0.2) is 16.1 Å². The number of hydrogen-bond donors (Lipinski definition) is 0. The van der Waals surface area contributed by atoms with Crippen LogP contribution in [0.5, 0.6) is 11.5 Å². The van der Waals surface area contributed by atoms with Crippen LogP contribution in [0.3, 0.4) is 0 Å². The van der Waals surface area contributed by atoms with Crippen molar-refractivity contribution in [2.24, 2.45) is 0 Å². The third-order valence-electron chi connectivity index (χ3n) is 13.2. The van der Waals surface area contributed by atoms with Crippen molar-refractivity contribution in [2.75, 3.05) is 0 Å². The minimum absolute atomic E-state index is 0.884. The molecule has 0 amide bonds. The molecule has 3 aromatic heterocycles. The first kappa shape index (κ1) is 37.8. The number of fused-ring (bicyclic) bond motifs is 6. The molecule has 64 heavy (non-hydrogen) atoms. The molecule has 0 saturated carbocycles. The average Bonchev–Trinajstić information content (AvgIpc) is 3.72. The molecule has 0 spiro atoms. The Morgan fingerprint density at radius 3 is 1.70 bits per heavy atom. The molecule has 6 heteroatoms. The van der Waals surface area contributed by atoms with Crippen LogP contribution in [-0.2, 0) is 0 Å². The van der Waals surface area contributed by atoms with E-state index in [0.29, 0.717) is 0 Å². The minimum Gasteiger partial charge on any atom is -0.457 e. The molecule has 0 aliphatic carbocycles. The Hall–Kier alpha value is -7.91. The quantitative estimate of drug-likeness (QED) is 0.115. The topological polar surface area (TPSA) is 39.9 Å². The van der Waals surface area contributed by atoms with Crippen LogP contribution in [0.15, 0.2) is 249 Å². The number of para-hydroxylation sites is 1. The van der Waals surface area contributed by atoms with Crippen LogP contribution in [-0.4, -0.2) is 30.7 Å². The predicted molar refractivity (Wildman–Crippen MR) is 269 cm³/mol. The summed E-state index contributed by atoms with van der Waals surface area (Å²) in [4.78, 5) is 10.0. The van der Waals surface area contributed by atoms with Crippen LogP contribution in [0.4, 0.5) is 0 Å². The smallest absolute Gasteiger partial charge is 0.191 e. The summed E-state index contributed by atoms with van der Waals surface area (Å²) in [5.41, 5.74) is 5.14. The summed E-state index contributed by atoms with van der Waals surface area (Å²) in [6, 6.07) is 86.6. The molecule has 1 aliphatic rings. The van der Waals surface area contributed by atoms with E-state index in [2.05, 4.69) is 235 Å². The number of nitrogens with zero attached hydrogens (tertiary/aromatic N) is 3. The van der Waals surface area contributed by atoms with E-state index in [-0.39, 0.29) is 0 Å². The first-order chi connectivity index (χ1) is 31.8. The Morgan fingerprint density at radius 2 is 1.02 bits per heavy atom. The highest BCUT2D eigenvalue weighted by Crippen LogP contribution is 2.38. The van der Waals surface area contributed by atoms with Crippen molar-refractivity contribution in [3.8, 4) is 28.4 Å². The number of benzene rings is 8. The van der Waals surface area contributed by atoms with Gasteiger partial charge in [0.05, 0.1) is 11.2 Å². The van der Waals surface area contributed by atoms with Gasteiger partial charge in [-0.3, -0.25) is 9.55 Å². The molecule has 4 nitrogen and oxygen atoms in total. The SMILES string of the molecule is c1ccc([Si](c2ccccc2)(c2cccc(-c3ccccn3)c2)c2cccc(-n3c4ncccc4c4ccc5c(c43)[Si](c3ccccc3)(c3ccccc3)c3ccccc3O5)c2)cc1. The second-order valence-electron chi connectivity index (χ2n) is 16.5. The van der Waals surface area contributed by atoms with Crippen LogP contribution in [0.25, 0.3) is 38.9 Å². The fraction of sp³-hybridized carbons (Fsp3) is 0. The van der Waals surface area contributed by atoms with Gasteiger partial charge >= 0.3 is 0 Å². The molecule has 0 saturated heterocycles. The molecular weight excluding hydrogens is 811 g/mol. The molecule has 11 aromatic rings. The zero-order chi connectivity index (χ0) is 42.5. The molecule has 0 unspecified atom stereocenters. The lowest BCUT2D eigenvalue weighted by Crippen LogP contribution is -2.76. The summed E-state index contributed by atoms with van der Waals surface area (Å²) in [5.74, 6) is 1.79. The Bertz CT molecular complexity index is 3390. The Balaban J connectivity index is 1.21. The van der Waals surface area contributed by atoms with Crippen molar-refractivity contribution >= 4 is 79.6 Å².